The second-order valence-corrected chi connectivity index (χ2v) is 9.51. The lowest BCUT2D eigenvalue weighted by Crippen LogP contribution is -2.56. The Hall–Kier alpha value is -1.65. The van der Waals surface area contributed by atoms with E-state index < -0.39 is 7.79 Å². The van der Waals surface area contributed by atoms with E-state index in [0.717, 1.165) is 36.3 Å². The first-order chi connectivity index (χ1) is 12.6. The molecule has 1 saturated heterocycles. The van der Waals surface area contributed by atoms with Crippen molar-refractivity contribution in [3.63, 3.8) is 0 Å². The number of nitrogens with zero attached hydrogens (tertiary/aromatic N) is 1. The second kappa shape index (κ2) is 6.82. The van der Waals surface area contributed by atoms with Crippen LogP contribution in [0, 0.1) is 5.92 Å². The Morgan fingerprint density at radius 1 is 1.12 bits per heavy atom. The molecule has 0 amide bonds. The standard InChI is InChI=1S/C20H25N2O3P/c1-14-13-21-26(23,16-7-5-4-6-8-16)22-10-9-15-11-18(24-2)19(25-3)12-17(15)20(14)22/h4-8,11-12,14,20H,9-10,13H2,1-3H3,(H,21,23)/t14-,20-,26?/m1/s1. The number of nitrogens with one attached hydrogen (secondary N) is 1. The van der Waals surface area contributed by atoms with Gasteiger partial charge in [0.05, 0.1) is 20.3 Å². The molecule has 1 unspecified atom stereocenters. The quantitative estimate of drug-likeness (QED) is 0.838. The summed E-state index contributed by atoms with van der Waals surface area (Å²) in [7, 11) is 0.500. The molecule has 0 spiro atoms. The zero-order chi connectivity index (χ0) is 18.3. The maximum Gasteiger partial charge on any atom is 0.161 e. The molecular weight excluding hydrogens is 347 g/mol. The Balaban J connectivity index is 1.81. The van der Waals surface area contributed by atoms with Gasteiger partial charge in [0.15, 0.2) is 11.5 Å². The van der Waals surface area contributed by atoms with E-state index in [-0.39, 0.29) is 6.04 Å². The third kappa shape index (κ3) is 2.71. The normalized spacial score (nSPS) is 28.2. The Morgan fingerprint density at radius 3 is 2.50 bits per heavy atom. The fourth-order valence-electron chi connectivity index (χ4n) is 4.22. The highest BCUT2D eigenvalue weighted by atomic mass is 31.2. The molecular formula is C20H25N2O3P. The molecule has 3 atom stereocenters. The molecule has 0 radical (unpaired) electrons. The molecule has 2 aromatic carbocycles. The molecule has 0 aromatic heterocycles. The first kappa shape index (κ1) is 17.7. The fraction of sp³-hybridized carbons (Fsp3) is 0.400. The number of methoxy groups -OCH3 is 2. The van der Waals surface area contributed by atoms with Crippen molar-refractivity contribution in [1.82, 2.24) is 9.76 Å². The maximum absolute atomic E-state index is 14.0. The third-order valence-electron chi connectivity index (χ3n) is 5.53. The van der Waals surface area contributed by atoms with Crippen molar-refractivity contribution in [2.75, 3.05) is 27.3 Å². The minimum absolute atomic E-state index is 0.103. The minimum Gasteiger partial charge on any atom is -0.647 e. The van der Waals surface area contributed by atoms with Crippen molar-refractivity contribution in [2.24, 2.45) is 5.92 Å². The molecule has 1 fully saturated rings. The number of benzene rings is 2. The number of fused-ring (bicyclic) bond motifs is 3. The van der Waals surface area contributed by atoms with Crippen LogP contribution in [0.4, 0.5) is 0 Å². The third-order valence-corrected chi connectivity index (χ3v) is 8.31. The summed E-state index contributed by atoms with van der Waals surface area (Å²) in [5, 5.41) is 4.24. The number of ether oxygens (including phenoxy) is 2. The molecule has 26 heavy (non-hydrogen) atoms. The van der Waals surface area contributed by atoms with E-state index in [1.165, 1.54) is 11.1 Å². The van der Waals surface area contributed by atoms with Crippen LogP contribution in [-0.2, 0) is 6.42 Å². The maximum atomic E-state index is 14.0. The van der Waals surface area contributed by atoms with E-state index in [0.29, 0.717) is 5.92 Å². The molecule has 2 aromatic rings. The number of hydrogen-bond acceptors (Lipinski definition) is 5. The molecule has 138 valence electrons. The molecule has 6 heteroatoms. The van der Waals surface area contributed by atoms with Crippen LogP contribution < -0.4 is 24.8 Å². The molecule has 0 aliphatic carbocycles. The zero-order valence-corrected chi connectivity index (χ0v) is 16.3. The summed E-state index contributed by atoms with van der Waals surface area (Å²) < 4.78 is 13.2. The Morgan fingerprint density at radius 2 is 1.81 bits per heavy atom. The topological polar surface area (TPSA) is 56.8 Å². The first-order valence-electron chi connectivity index (χ1n) is 9.01. The van der Waals surface area contributed by atoms with Crippen LogP contribution in [0.25, 0.3) is 0 Å². The summed E-state index contributed by atoms with van der Waals surface area (Å²) in [6.45, 7) is 3.70. The molecule has 0 bridgehead atoms. The summed E-state index contributed by atoms with van der Waals surface area (Å²) in [5.74, 6) is 1.83. The Labute approximate surface area is 155 Å². The van der Waals surface area contributed by atoms with Crippen LogP contribution >= 0.6 is 7.79 Å². The van der Waals surface area contributed by atoms with E-state index in [1.54, 1.807) is 14.2 Å². The van der Waals surface area contributed by atoms with Gasteiger partial charge in [-0.25, -0.2) is 0 Å². The van der Waals surface area contributed by atoms with Gasteiger partial charge in [-0.3, -0.25) is 0 Å². The van der Waals surface area contributed by atoms with E-state index in [1.807, 2.05) is 30.3 Å². The predicted octanol–water partition coefficient (Wildman–Crippen LogP) is 2.29. The van der Waals surface area contributed by atoms with Gasteiger partial charge in [0.2, 0.25) is 0 Å². The van der Waals surface area contributed by atoms with Crippen molar-refractivity contribution >= 4 is 13.1 Å². The summed E-state index contributed by atoms with van der Waals surface area (Å²) in [6, 6.07) is 14.0. The lowest BCUT2D eigenvalue weighted by molar-refractivity contribution is -0.187. The SMILES string of the molecule is COc1cc2c(cc1OC)[C@H]1[C@H](C)CN[P+]([O-])(c3ccccc3)N1CC2. The van der Waals surface area contributed by atoms with Gasteiger partial charge < -0.3 is 14.4 Å². The van der Waals surface area contributed by atoms with Gasteiger partial charge in [-0.2, -0.15) is 9.76 Å². The zero-order valence-electron chi connectivity index (χ0n) is 15.4. The van der Waals surface area contributed by atoms with Crippen molar-refractivity contribution in [3.05, 3.63) is 53.6 Å². The van der Waals surface area contributed by atoms with Crippen LogP contribution in [0.3, 0.4) is 0 Å². The minimum atomic E-state index is -2.82. The molecule has 0 saturated carbocycles. The van der Waals surface area contributed by atoms with E-state index in [4.69, 9.17) is 9.47 Å². The van der Waals surface area contributed by atoms with Gasteiger partial charge >= 0.3 is 0 Å². The van der Waals surface area contributed by atoms with E-state index in [9.17, 15) is 4.89 Å². The van der Waals surface area contributed by atoms with Crippen molar-refractivity contribution in [2.45, 2.75) is 19.4 Å². The van der Waals surface area contributed by atoms with Crippen molar-refractivity contribution in [3.8, 4) is 11.5 Å². The summed E-state index contributed by atoms with van der Waals surface area (Å²) >= 11 is 0. The summed E-state index contributed by atoms with van der Waals surface area (Å²) in [5.41, 5.74) is 2.47. The van der Waals surface area contributed by atoms with Gasteiger partial charge in [0.1, 0.15) is 13.1 Å². The highest BCUT2D eigenvalue weighted by Crippen LogP contribution is 2.59. The van der Waals surface area contributed by atoms with Crippen LogP contribution in [0.15, 0.2) is 42.5 Å². The lowest BCUT2D eigenvalue weighted by atomic mass is 9.86. The average Bonchev–Trinajstić information content (AvgIpc) is 2.69. The molecule has 2 heterocycles. The van der Waals surface area contributed by atoms with Crippen molar-refractivity contribution in [1.29, 1.82) is 0 Å². The van der Waals surface area contributed by atoms with E-state index >= 15 is 0 Å². The van der Waals surface area contributed by atoms with Crippen molar-refractivity contribution < 1.29 is 14.4 Å². The largest absolute Gasteiger partial charge is 0.647 e. The number of rotatable bonds is 3. The monoisotopic (exact) mass is 372 g/mol. The smallest absolute Gasteiger partial charge is 0.161 e. The predicted molar refractivity (Wildman–Crippen MR) is 103 cm³/mol. The van der Waals surface area contributed by atoms with Crippen LogP contribution in [0.5, 0.6) is 11.5 Å². The second-order valence-electron chi connectivity index (χ2n) is 7.02. The van der Waals surface area contributed by atoms with Gasteiger partial charge in [0, 0.05) is 13.1 Å². The first-order valence-corrected chi connectivity index (χ1v) is 10.7. The Bertz CT molecular complexity index is 801. The molecule has 2 aliphatic heterocycles. The van der Waals surface area contributed by atoms with Crippen LogP contribution in [0.2, 0.25) is 0 Å². The molecule has 4 rings (SSSR count). The molecule has 2 aliphatic rings. The van der Waals surface area contributed by atoms with Gasteiger partial charge in [-0.1, -0.05) is 25.1 Å². The molecule has 1 N–H and O–H groups in total. The fourth-order valence-corrected chi connectivity index (χ4v) is 7.08. The average molecular weight is 372 g/mol. The molecule has 5 nitrogen and oxygen atoms in total. The Kier molecular flexibility index (Phi) is 4.66. The summed E-state index contributed by atoms with van der Waals surface area (Å²) in [6.07, 6.45) is 0.845. The van der Waals surface area contributed by atoms with Crippen LogP contribution in [0.1, 0.15) is 24.1 Å². The lowest BCUT2D eigenvalue weighted by Gasteiger charge is -2.52. The highest BCUT2D eigenvalue weighted by Gasteiger charge is 2.50. The summed E-state index contributed by atoms with van der Waals surface area (Å²) in [4.78, 5) is 14.0. The number of hydrogen-bond donors (Lipinski definition) is 1. The van der Waals surface area contributed by atoms with Gasteiger partial charge in [0.25, 0.3) is 0 Å². The van der Waals surface area contributed by atoms with Gasteiger partial charge in [-0.15, -0.1) is 0 Å². The van der Waals surface area contributed by atoms with Gasteiger partial charge in [-0.05, 0) is 47.7 Å². The van der Waals surface area contributed by atoms with Crippen LogP contribution in [-0.4, -0.2) is 32.0 Å². The highest BCUT2D eigenvalue weighted by molar-refractivity contribution is 7.72. The van der Waals surface area contributed by atoms with E-state index in [2.05, 4.69) is 28.8 Å².